The second-order valence-electron chi connectivity index (χ2n) is 5.47. The van der Waals surface area contributed by atoms with Crippen molar-refractivity contribution in [2.75, 3.05) is 5.32 Å². The van der Waals surface area contributed by atoms with Crippen molar-refractivity contribution in [1.82, 2.24) is 5.32 Å². The molecule has 1 aromatic carbocycles. The maximum Gasteiger partial charge on any atom is 0.319 e. The van der Waals surface area contributed by atoms with Crippen molar-refractivity contribution in [2.45, 2.75) is 32.4 Å². The molecule has 2 amide bonds. The number of urea groups is 1. The number of nitrogens with zero attached hydrogens (tertiary/aromatic N) is 1. The van der Waals surface area contributed by atoms with Gasteiger partial charge in [0, 0.05) is 18.5 Å². The Morgan fingerprint density at radius 2 is 2.12 bits per heavy atom. The third-order valence-electron chi connectivity index (χ3n) is 3.58. The van der Waals surface area contributed by atoms with E-state index in [4.69, 9.17) is 4.42 Å². The van der Waals surface area contributed by atoms with Gasteiger partial charge in [0.05, 0.1) is 22.4 Å². The number of amides is 2. The molecule has 0 saturated carbocycles. The zero-order valence-corrected chi connectivity index (χ0v) is 13.4. The monoisotopic (exact) mass is 333 g/mol. The summed E-state index contributed by atoms with van der Waals surface area (Å²) in [5.41, 5.74) is 0.676. The molecule has 2 aromatic rings. The predicted octanol–water partition coefficient (Wildman–Crippen LogP) is 3.13. The lowest BCUT2D eigenvalue weighted by molar-refractivity contribution is -0.385. The topological polar surface area (TPSA) is 118 Å². The summed E-state index contributed by atoms with van der Waals surface area (Å²) in [5, 5.41) is 26.2. The number of nitrogens with one attached hydrogen (secondary N) is 2. The molecule has 2 unspecified atom stereocenters. The van der Waals surface area contributed by atoms with E-state index in [9.17, 15) is 20.0 Å². The number of furan rings is 1. The molecule has 8 nitrogen and oxygen atoms in total. The van der Waals surface area contributed by atoms with E-state index in [1.807, 2.05) is 0 Å². The van der Waals surface area contributed by atoms with Gasteiger partial charge >= 0.3 is 6.03 Å². The van der Waals surface area contributed by atoms with Gasteiger partial charge in [-0.2, -0.15) is 0 Å². The van der Waals surface area contributed by atoms with E-state index in [1.165, 1.54) is 18.4 Å². The molecule has 8 heteroatoms. The maximum absolute atomic E-state index is 12.0. The number of hydrogen-bond acceptors (Lipinski definition) is 5. The highest BCUT2D eigenvalue weighted by molar-refractivity contribution is 5.90. The summed E-state index contributed by atoms with van der Waals surface area (Å²) < 4.78 is 5.11. The average molecular weight is 333 g/mol. The van der Waals surface area contributed by atoms with Crippen LogP contribution in [0.1, 0.15) is 30.8 Å². The van der Waals surface area contributed by atoms with Gasteiger partial charge in [-0.05, 0) is 32.0 Å². The Morgan fingerprint density at radius 3 is 2.75 bits per heavy atom. The Labute approximate surface area is 138 Å². The Bertz CT molecular complexity index is 715. The molecule has 0 aliphatic carbocycles. The maximum atomic E-state index is 12.0. The van der Waals surface area contributed by atoms with Crippen molar-refractivity contribution < 1.29 is 19.2 Å². The summed E-state index contributed by atoms with van der Waals surface area (Å²) in [7, 11) is 0. The zero-order chi connectivity index (χ0) is 17.7. The third kappa shape index (κ3) is 4.32. The van der Waals surface area contributed by atoms with Gasteiger partial charge in [0.2, 0.25) is 0 Å². The number of anilines is 1. The van der Waals surface area contributed by atoms with Gasteiger partial charge in [0.15, 0.2) is 0 Å². The molecule has 0 radical (unpaired) electrons. The predicted molar refractivity (Wildman–Crippen MR) is 87.7 cm³/mol. The van der Waals surface area contributed by atoms with Crippen LogP contribution in [0.5, 0.6) is 0 Å². The lowest BCUT2D eigenvalue weighted by atomic mass is 10.1. The number of carbonyl (C=O) groups excluding carboxylic acids is 1. The molecule has 0 saturated heterocycles. The molecule has 0 spiro atoms. The standard InChI is InChI=1S/C16H19N3O5/c1-10(9-14(20)15-7-4-8-24-15)17-16(21)18-12-5-3-6-13(11(12)2)19(22)23/h3-8,10,14,20H,9H2,1-2H3,(H2,17,18,21). The summed E-state index contributed by atoms with van der Waals surface area (Å²) in [5.74, 6) is 0.429. The van der Waals surface area contributed by atoms with Crippen LogP contribution in [0.15, 0.2) is 41.0 Å². The van der Waals surface area contributed by atoms with Crippen LogP contribution in [0.2, 0.25) is 0 Å². The molecule has 3 N–H and O–H groups in total. The van der Waals surface area contributed by atoms with Gasteiger partial charge < -0.3 is 20.2 Å². The first-order valence-electron chi connectivity index (χ1n) is 7.41. The zero-order valence-electron chi connectivity index (χ0n) is 13.4. The van der Waals surface area contributed by atoms with Gasteiger partial charge in [0.1, 0.15) is 11.9 Å². The van der Waals surface area contributed by atoms with Crippen LogP contribution in [0.4, 0.5) is 16.2 Å². The number of aliphatic hydroxyl groups excluding tert-OH is 1. The highest BCUT2D eigenvalue weighted by Gasteiger charge is 2.18. The Kier molecular flexibility index (Phi) is 5.54. The van der Waals surface area contributed by atoms with E-state index < -0.39 is 17.1 Å². The van der Waals surface area contributed by atoms with Crippen molar-refractivity contribution in [3.05, 3.63) is 58.0 Å². The normalized spacial score (nSPS) is 13.1. The SMILES string of the molecule is Cc1c(NC(=O)NC(C)CC(O)c2ccco2)cccc1[N+](=O)[O-]. The van der Waals surface area contributed by atoms with Crippen LogP contribution in [0.3, 0.4) is 0 Å². The van der Waals surface area contributed by atoms with Crippen molar-refractivity contribution in [3.63, 3.8) is 0 Å². The largest absolute Gasteiger partial charge is 0.467 e. The first-order chi connectivity index (χ1) is 11.4. The molecule has 0 fully saturated rings. The first-order valence-corrected chi connectivity index (χ1v) is 7.41. The summed E-state index contributed by atoms with van der Waals surface area (Å²) in [6, 6.07) is 6.97. The molecule has 128 valence electrons. The summed E-state index contributed by atoms with van der Waals surface area (Å²) in [4.78, 5) is 22.4. The lowest BCUT2D eigenvalue weighted by Crippen LogP contribution is -2.37. The molecular weight excluding hydrogens is 314 g/mol. The molecular formula is C16H19N3O5. The van der Waals surface area contributed by atoms with Gasteiger partial charge in [-0.25, -0.2) is 4.79 Å². The molecule has 0 aliphatic rings. The lowest BCUT2D eigenvalue weighted by Gasteiger charge is -2.17. The molecule has 2 atom stereocenters. The molecule has 24 heavy (non-hydrogen) atoms. The van der Waals surface area contributed by atoms with Crippen molar-refractivity contribution in [2.24, 2.45) is 0 Å². The van der Waals surface area contributed by atoms with Crippen LogP contribution < -0.4 is 10.6 Å². The van der Waals surface area contributed by atoms with Crippen LogP contribution >= 0.6 is 0 Å². The number of hydrogen-bond donors (Lipinski definition) is 3. The molecule has 1 aromatic heterocycles. The van der Waals surface area contributed by atoms with Gasteiger partial charge in [0.25, 0.3) is 5.69 Å². The van der Waals surface area contributed by atoms with E-state index >= 15 is 0 Å². The van der Waals surface area contributed by atoms with Crippen LogP contribution in [0, 0.1) is 17.0 Å². The van der Waals surface area contributed by atoms with Crippen molar-refractivity contribution >= 4 is 17.4 Å². The number of benzene rings is 1. The summed E-state index contributed by atoms with van der Waals surface area (Å²) >= 11 is 0. The minimum absolute atomic E-state index is 0.0610. The minimum Gasteiger partial charge on any atom is -0.467 e. The van der Waals surface area contributed by atoms with Gasteiger partial charge in [-0.3, -0.25) is 10.1 Å². The number of nitro benzene ring substituents is 1. The number of aliphatic hydroxyl groups is 1. The van der Waals surface area contributed by atoms with Crippen LogP contribution in [-0.4, -0.2) is 22.1 Å². The highest BCUT2D eigenvalue weighted by Crippen LogP contribution is 2.25. The van der Waals surface area contributed by atoms with Crippen molar-refractivity contribution in [1.29, 1.82) is 0 Å². The van der Waals surface area contributed by atoms with E-state index in [1.54, 1.807) is 32.0 Å². The summed E-state index contributed by atoms with van der Waals surface area (Å²) in [6.45, 7) is 3.31. The third-order valence-corrected chi connectivity index (χ3v) is 3.58. The Balaban J connectivity index is 1.93. The second-order valence-corrected chi connectivity index (χ2v) is 5.47. The Hall–Kier alpha value is -2.87. The first kappa shape index (κ1) is 17.5. The number of carbonyl (C=O) groups is 1. The second kappa shape index (κ2) is 7.60. The average Bonchev–Trinajstić information content (AvgIpc) is 3.03. The van der Waals surface area contributed by atoms with E-state index in [0.717, 1.165) is 0 Å². The molecule has 1 heterocycles. The molecule has 2 rings (SSSR count). The molecule has 0 aliphatic heterocycles. The highest BCUT2D eigenvalue weighted by atomic mass is 16.6. The fraction of sp³-hybridized carbons (Fsp3) is 0.312. The van der Waals surface area contributed by atoms with Gasteiger partial charge in [-0.15, -0.1) is 0 Å². The van der Waals surface area contributed by atoms with Crippen LogP contribution in [-0.2, 0) is 0 Å². The molecule has 0 bridgehead atoms. The summed E-state index contributed by atoms with van der Waals surface area (Å²) in [6.07, 6.45) is 0.915. The number of nitro groups is 1. The van der Waals surface area contributed by atoms with Crippen molar-refractivity contribution in [3.8, 4) is 0 Å². The fourth-order valence-electron chi connectivity index (χ4n) is 2.33. The quantitative estimate of drug-likeness (QED) is 0.554. The van der Waals surface area contributed by atoms with Crippen LogP contribution in [0.25, 0.3) is 0 Å². The fourth-order valence-corrected chi connectivity index (χ4v) is 2.33. The number of rotatable bonds is 6. The smallest absolute Gasteiger partial charge is 0.319 e. The Morgan fingerprint density at radius 1 is 1.38 bits per heavy atom. The van der Waals surface area contributed by atoms with E-state index in [0.29, 0.717) is 17.0 Å². The minimum atomic E-state index is -0.824. The van der Waals surface area contributed by atoms with E-state index in [-0.39, 0.29) is 18.2 Å². The van der Waals surface area contributed by atoms with E-state index in [2.05, 4.69) is 10.6 Å². The van der Waals surface area contributed by atoms with Gasteiger partial charge in [-0.1, -0.05) is 6.07 Å².